The molecule has 0 saturated carbocycles. The Morgan fingerprint density at radius 3 is 2.59 bits per heavy atom. The lowest BCUT2D eigenvalue weighted by atomic mass is 10.1. The number of benzene rings is 1. The molecule has 2 rings (SSSR count). The molecule has 1 heterocycles. The molecule has 0 fully saturated rings. The van der Waals surface area contributed by atoms with E-state index in [4.69, 9.17) is 11.5 Å². The van der Waals surface area contributed by atoms with Crippen molar-refractivity contribution in [1.82, 2.24) is 15.2 Å². The van der Waals surface area contributed by atoms with Crippen LogP contribution in [0.4, 0.5) is 16.3 Å². The molecule has 144 valence electrons. The summed E-state index contributed by atoms with van der Waals surface area (Å²) in [4.78, 5) is 22.8. The van der Waals surface area contributed by atoms with Gasteiger partial charge in [0.05, 0.1) is 11.6 Å². The third-order valence-electron chi connectivity index (χ3n) is 3.84. The second kappa shape index (κ2) is 9.54. The number of nitrogens with one attached hydrogen (secondary N) is 2. The summed E-state index contributed by atoms with van der Waals surface area (Å²) in [6.07, 6.45) is 1.51. The monoisotopic (exact) mass is 369 g/mol. The number of rotatable bonds is 7. The number of anilines is 2. The van der Waals surface area contributed by atoms with E-state index in [0.29, 0.717) is 36.0 Å². The Morgan fingerprint density at radius 2 is 2.00 bits per heavy atom. The van der Waals surface area contributed by atoms with Crippen molar-refractivity contribution in [2.24, 2.45) is 10.7 Å². The molecule has 0 unspecified atom stereocenters. The molecule has 0 bridgehead atoms. The summed E-state index contributed by atoms with van der Waals surface area (Å²) in [7, 11) is 3.91. The van der Waals surface area contributed by atoms with E-state index in [1.54, 1.807) is 6.07 Å². The van der Waals surface area contributed by atoms with Crippen molar-refractivity contribution < 1.29 is 4.79 Å². The predicted octanol–water partition coefficient (Wildman–Crippen LogP) is 1.81. The minimum atomic E-state index is -0.361. The average Bonchev–Trinajstić information content (AvgIpc) is 2.61. The number of nitrogen functional groups attached to an aromatic ring is 1. The SMILES string of the molecule is CCN=C(N)c1cnc(NC(=O)N[C@@H](CN(C)C)c2ccccc2)cc1N. The number of amides is 2. The lowest BCUT2D eigenvalue weighted by Crippen LogP contribution is -2.38. The van der Waals surface area contributed by atoms with E-state index in [-0.39, 0.29) is 12.1 Å². The maximum absolute atomic E-state index is 12.4. The first-order chi connectivity index (χ1) is 12.9. The fraction of sp³-hybridized carbons (Fsp3) is 0.316. The number of pyridine rings is 1. The molecule has 6 N–H and O–H groups in total. The first kappa shape index (κ1) is 20.2. The summed E-state index contributed by atoms with van der Waals surface area (Å²) in [6, 6.07) is 10.8. The molecule has 2 amide bonds. The molecule has 2 aromatic rings. The molecular formula is C19H27N7O. The molecule has 0 aliphatic rings. The van der Waals surface area contributed by atoms with Gasteiger partial charge in [0, 0.05) is 31.0 Å². The minimum absolute atomic E-state index is 0.162. The number of aliphatic imine (C=N–C) groups is 1. The lowest BCUT2D eigenvalue weighted by molar-refractivity contribution is 0.244. The fourth-order valence-corrected chi connectivity index (χ4v) is 2.60. The molecule has 0 spiro atoms. The van der Waals surface area contributed by atoms with Crippen molar-refractivity contribution in [1.29, 1.82) is 0 Å². The van der Waals surface area contributed by atoms with Gasteiger partial charge in [-0.2, -0.15) is 0 Å². The Balaban J connectivity index is 2.09. The van der Waals surface area contributed by atoms with Crippen LogP contribution in [0.1, 0.15) is 24.1 Å². The summed E-state index contributed by atoms with van der Waals surface area (Å²) in [5, 5.41) is 5.68. The van der Waals surface area contributed by atoms with Crippen LogP contribution in [-0.2, 0) is 0 Å². The van der Waals surface area contributed by atoms with Crippen molar-refractivity contribution in [3.05, 3.63) is 53.7 Å². The van der Waals surface area contributed by atoms with Crippen molar-refractivity contribution in [3.8, 4) is 0 Å². The number of hydrogen-bond acceptors (Lipinski definition) is 5. The average molecular weight is 369 g/mol. The third-order valence-corrected chi connectivity index (χ3v) is 3.84. The summed E-state index contributed by atoms with van der Waals surface area (Å²) in [5.74, 6) is 0.670. The van der Waals surface area contributed by atoms with E-state index in [2.05, 4.69) is 20.6 Å². The molecule has 0 saturated heterocycles. The first-order valence-electron chi connectivity index (χ1n) is 8.73. The van der Waals surface area contributed by atoms with Crippen LogP contribution in [0.25, 0.3) is 0 Å². The number of amidine groups is 1. The molecule has 1 atom stereocenters. The van der Waals surface area contributed by atoms with Gasteiger partial charge in [-0.25, -0.2) is 9.78 Å². The fourth-order valence-electron chi connectivity index (χ4n) is 2.60. The van der Waals surface area contributed by atoms with Crippen LogP contribution in [0.2, 0.25) is 0 Å². The van der Waals surface area contributed by atoms with Gasteiger partial charge in [0.1, 0.15) is 11.7 Å². The van der Waals surface area contributed by atoms with Gasteiger partial charge in [0.25, 0.3) is 0 Å². The minimum Gasteiger partial charge on any atom is -0.398 e. The molecular weight excluding hydrogens is 342 g/mol. The number of urea groups is 1. The molecule has 8 heteroatoms. The zero-order valence-corrected chi connectivity index (χ0v) is 15.9. The zero-order valence-electron chi connectivity index (χ0n) is 15.9. The highest BCUT2D eigenvalue weighted by molar-refractivity contribution is 6.02. The number of nitrogens with zero attached hydrogens (tertiary/aromatic N) is 3. The normalized spacial score (nSPS) is 12.7. The number of likely N-dealkylation sites (N-methyl/N-ethyl adjacent to an activating group) is 1. The maximum atomic E-state index is 12.4. The Bertz CT molecular complexity index is 790. The Labute approximate surface area is 159 Å². The number of hydrogen-bond donors (Lipinski definition) is 4. The summed E-state index contributed by atoms with van der Waals surface area (Å²) in [6.45, 7) is 3.10. The number of aromatic nitrogens is 1. The number of nitrogens with two attached hydrogens (primary N) is 2. The summed E-state index contributed by atoms with van der Waals surface area (Å²) in [5.41, 5.74) is 13.8. The topological polar surface area (TPSA) is 122 Å². The molecule has 1 aromatic carbocycles. The quantitative estimate of drug-likeness (QED) is 0.438. The van der Waals surface area contributed by atoms with Crippen LogP contribution in [0, 0.1) is 0 Å². The first-order valence-corrected chi connectivity index (χ1v) is 8.73. The van der Waals surface area contributed by atoms with Gasteiger partial charge in [-0.1, -0.05) is 30.3 Å². The molecule has 1 aromatic heterocycles. The van der Waals surface area contributed by atoms with E-state index < -0.39 is 0 Å². The van der Waals surface area contributed by atoms with E-state index >= 15 is 0 Å². The second-order valence-electron chi connectivity index (χ2n) is 6.34. The third kappa shape index (κ3) is 5.96. The Kier molecular flexibility index (Phi) is 7.13. The van der Waals surface area contributed by atoms with Crippen LogP contribution in [-0.4, -0.2) is 48.9 Å². The van der Waals surface area contributed by atoms with Crippen molar-refractivity contribution in [3.63, 3.8) is 0 Å². The predicted molar refractivity (Wildman–Crippen MR) is 110 cm³/mol. The van der Waals surface area contributed by atoms with Crippen molar-refractivity contribution in [2.75, 3.05) is 38.2 Å². The van der Waals surface area contributed by atoms with Crippen LogP contribution in [0.3, 0.4) is 0 Å². The lowest BCUT2D eigenvalue weighted by Gasteiger charge is -2.23. The maximum Gasteiger partial charge on any atom is 0.320 e. The van der Waals surface area contributed by atoms with Crippen LogP contribution >= 0.6 is 0 Å². The van der Waals surface area contributed by atoms with Crippen LogP contribution < -0.4 is 22.1 Å². The van der Waals surface area contributed by atoms with E-state index in [0.717, 1.165) is 5.56 Å². The Hall–Kier alpha value is -3.13. The van der Waals surface area contributed by atoms with E-state index in [1.807, 2.05) is 56.3 Å². The zero-order chi connectivity index (χ0) is 19.8. The molecule has 0 aliphatic carbocycles. The largest absolute Gasteiger partial charge is 0.398 e. The smallest absolute Gasteiger partial charge is 0.320 e. The highest BCUT2D eigenvalue weighted by Crippen LogP contribution is 2.16. The van der Waals surface area contributed by atoms with Gasteiger partial charge in [0.2, 0.25) is 0 Å². The molecule has 27 heavy (non-hydrogen) atoms. The van der Waals surface area contributed by atoms with Gasteiger partial charge in [0.15, 0.2) is 0 Å². The molecule has 8 nitrogen and oxygen atoms in total. The van der Waals surface area contributed by atoms with Gasteiger partial charge in [-0.15, -0.1) is 0 Å². The van der Waals surface area contributed by atoms with Crippen molar-refractivity contribution >= 4 is 23.4 Å². The van der Waals surface area contributed by atoms with E-state index in [1.165, 1.54) is 6.20 Å². The highest BCUT2D eigenvalue weighted by atomic mass is 16.2. The molecule has 0 radical (unpaired) electrons. The number of carbonyl (C=O) groups excluding carboxylic acids is 1. The number of carbonyl (C=O) groups is 1. The second-order valence-corrected chi connectivity index (χ2v) is 6.34. The Morgan fingerprint density at radius 1 is 1.30 bits per heavy atom. The van der Waals surface area contributed by atoms with Gasteiger partial charge >= 0.3 is 6.03 Å². The molecule has 0 aliphatic heterocycles. The van der Waals surface area contributed by atoms with Crippen LogP contribution in [0.5, 0.6) is 0 Å². The van der Waals surface area contributed by atoms with Crippen molar-refractivity contribution in [2.45, 2.75) is 13.0 Å². The highest BCUT2D eigenvalue weighted by Gasteiger charge is 2.16. The standard InChI is InChI=1S/C19H27N7O/c1-4-22-18(21)14-11-23-17(10-15(14)20)25-19(27)24-16(12-26(2)3)13-8-6-5-7-9-13/h5-11,16H,4,12H2,1-3H3,(H2,21,22)(H4,20,23,24,25,27)/t16-/m0/s1. The van der Waals surface area contributed by atoms with E-state index in [9.17, 15) is 4.79 Å². The summed E-state index contributed by atoms with van der Waals surface area (Å²) < 4.78 is 0. The van der Waals surface area contributed by atoms with Crippen LogP contribution in [0.15, 0.2) is 47.6 Å². The summed E-state index contributed by atoms with van der Waals surface area (Å²) >= 11 is 0. The van der Waals surface area contributed by atoms with Gasteiger partial charge < -0.3 is 21.7 Å². The van der Waals surface area contributed by atoms with Gasteiger partial charge in [-0.05, 0) is 26.6 Å². The van der Waals surface area contributed by atoms with Gasteiger partial charge in [-0.3, -0.25) is 10.3 Å².